The Morgan fingerprint density at radius 3 is 2.67 bits per heavy atom. The number of carbonyl (C=O) groups excluding carboxylic acids is 2. The molecule has 4 rings (SSSR count). The zero-order chi connectivity index (χ0) is 21.3. The van der Waals surface area contributed by atoms with Gasteiger partial charge < -0.3 is 14.8 Å². The monoisotopic (exact) mass is 422 g/mol. The van der Waals surface area contributed by atoms with Crippen molar-refractivity contribution < 1.29 is 14.7 Å². The molecule has 3 aromatic rings. The van der Waals surface area contributed by atoms with Crippen molar-refractivity contribution in [3.05, 3.63) is 64.7 Å². The molecular weight excluding hydrogens is 402 g/mol. The number of carboxylic acid groups (broad SMARTS) is 1. The molecule has 0 aliphatic carbocycles. The molecule has 1 amide bonds. The van der Waals surface area contributed by atoms with Crippen LogP contribution in [0.5, 0.6) is 0 Å². The average Bonchev–Trinajstić information content (AvgIpc) is 3.19. The summed E-state index contributed by atoms with van der Waals surface area (Å²) in [5.74, 6) is -1.51. The number of amides is 1. The Balaban J connectivity index is 1.51. The zero-order valence-electron chi connectivity index (χ0n) is 16.6. The van der Waals surface area contributed by atoms with Gasteiger partial charge in [-0.1, -0.05) is 53.7 Å². The quantitative estimate of drug-likeness (QED) is 0.567. The summed E-state index contributed by atoms with van der Waals surface area (Å²) in [6.07, 6.45) is 0.245. The third-order valence-electron chi connectivity index (χ3n) is 5.19. The number of nitrogens with zero attached hydrogens (tertiary/aromatic N) is 5. The number of tetrazole rings is 1. The Bertz CT molecular complexity index is 1110. The summed E-state index contributed by atoms with van der Waals surface area (Å²) in [6.45, 7) is 4.23. The van der Waals surface area contributed by atoms with E-state index >= 15 is 0 Å². The summed E-state index contributed by atoms with van der Waals surface area (Å²) < 4.78 is 1.59. The van der Waals surface area contributed by atoms with E-state index in [-0.39, 0.29) is 24.6 Å². The van der Waals surface area contributed by atoms with Crippen molar-refractivity contribution in [2.45, 2.75) is 38.0 Å². The van der Waals surface area contributed by atoms with Crippen LogP contribution in [0.2, 0.25) is 0 Å². The number of fused-ring (bicyclic) bond motifs is 1. The van der Waals surface area contributed by atoms with Gasteiger partial charge in [-0.25, -0.2) is 0 Å². The molecule has 0 radical (unpaired) electrons. The van der Waals surface area contributed by atoms with E-state index < -0.39 is 12.0 Å². The molecule has 8 nitrogen and oxygen atoms in total. The largest absolute Gasteiger partial charge is 0.548 e. The smallest absolute Gasteiger partial charge is 0.233 e. The van der Waals surface area contributed by atoms with Crippen molar-refractivity contribution in [3.63, 3.8) is 0 Å². The van der Waals surface area contributed by atoms with E-state index in [0.29, 0.717) is 5.16 Å². The standard InChI is InChI=1S/C21H21N5O3S/c1-13-7-8-17(14(2)9-13)26-21(22-23-24-26)30-12-19(27)25-11-16-6-4-3-5-15(16)10-18(25)20(28)29/h3-9,18H,10-12H2,1-2H3,(H,28,29)/p-1/t18-/m0/s1. The van der Waals surface area contributed by atoms with Crippen molar-refractivity contribution in [1.82, 2.24) is 25.1 Å². The lowest BCUT2D eigenvalue weighted by Crippen LogP contribution is -2.54. The Hall–Kier alpha value is -3.20. The summed E-state index contributed by atoms with van der Waals surface area (Å²) in [6, 6.07) is 12.5. The Morgan fingerprint density at radius 2 is 1.93 bits per heavy atom. The predicted octanol–water partition coefficient (Wildman–Crippen LogP) is 1.07. The highest BCUT2D eigenvalue weighted by molar-refractivity contribution is 7.99. The first kappa shape index (κ1) is 20.1. The van der Waals surface area contributed by atoms with Crippen LogP contribution in [0.1, 0.15) is 22.3 Å². The molecular formula is C21H20N5O3S-. The lowest BCUT2D eigenvalue weighted by Gasteiger charge is -2.37. The predicted molar refractivity (Wildman–Crippen MR) is 109 cm³/mol. The van der Waals surface area contributed by atoms with Gasteiger partial charge in [0.1, 0.15) is 0 Å². The van der Waals surface area contributed by atoms with Gasteiger partial charge in [-0.05, 0) is 53.5 Å². The number of aromatic nitrogens is 4. The van der Waals surface area contributed by atoms with E-state index in [2.05, 4.69) is 15.5 Å². The van der Waals surface area contributed by atoms with Crippen LogP contribution in [-0.4, -0.2) is 48.8 Å². The lowest BCUT2D eigenvalue weighted by atomic mass is 9.94. The Labute approximate surface area is 177 Å². The molecule has 0 bridgehead atoms. The molecule has 2 heterocycles. The third-order valence-corrected chi connectivity index (χ3v) is 6.09. The van der Waals surface area contributed by atoms with Gasteiger partial charge >= 0.3 is 0 Å². The van der Waals surface area contributed by atoms with Gasteiger partial charge in [-0.3, -0.25) is 4.79 Å². The minimum Gasteiger partial charge on any atom is -0.548 e. The first-order chi connectivity index (χ1) is 14.4. The van der Waals surface area contributed by atoms with Crippen LogP contribution < -0.4 is 5.11 Å². The van der Waals surface area contributed by atoms with Crippen LogP contribution >= 0.6 is 11.8 Å². The first-order valence-corrected chi connectivity index (χ1v) is 10.5. The van der Waals surface area contributed by atoms with Gasteiger partial charge in [0.2, 0.25) is 11.1 Å². The van der Waals surface area contributed by atoms with Crippen molar-refractivity contribution in [2.75, 3.05) is 5.75 Å². The maximum absolute atomic E-state index is 12.9. The average molecular weight is 422 g/mol. The van der Waals surface area contributed by atoms with Crippen LogP contribution in [0.15, 0.2) is 47.6 Å². The molecule has 0 N–H and O–H groups in total. The number of benzene rings is 2. The molecule has 1 aromatic heterocycles. The van der Waals surface area contributed by atoms with Crippen LogP contribution in [0.3, 0.4) is 0 Å². The molecule has 0 spiro atoms. The highest BCUT2D eigenvalue weighted by Gasteiger charge is 2.30. The second-order valence-corrected chi connectivity index (χ2v) is 8.22. The van der Waals surface area contributed by atoms with Gasteiger partial charge in [-0.2, -0.15) is 4.68 Å². The summed E-state index contributed by atoms with van der Waals surface area (Å²) >= 11 is 1.18. The van der Waals surface area contributed by atoms with E-state index in [9.17, 15) is 14.7 Å². The van der Waals surface area contributed by atoms with Crippen LogP contribution in [0, 0.1) is 13.8 Å². The van der Waals surface area contributed by atoms with Crippen LogP contribution in [0.4, 0.5) is 0 Å². The summed E-state index contributed by atoms with van der Waals surface area (Å²) in [5, 5.41) is 24.0. The Morgan fingerprint density at radius 1 is 1.17 bits per heavy atom. The number of hydrogen-bond donors (Lipinski definition) is 0. The lowest BCUT2D eigenvalue weighted by molar-refractivity contribution is -0.311. The number of aliphatic carboxylic acids is 1. The van der Waals surface area contributed by atoms with Crippen molar-refractivity contribution in [3.8, 4) is 5.69 Å². The van der Waals surface area contributed by atoms with Gasteiger partial charge in [0.05, 0.1) is 23.5 Å². The number of hydrogen-bond acceptors (Lipinski definition) is 7. The van der Waals surface area contributed by atoms with E-state index in [0.717, 1.165) is 27.9 Å². The number of carbonyl (C=O) groups is 2. The summed E-state index contributed by atoms with van der Waals surface area (Å²) in [5.41, 5.74) is 4.86. The molecule has 2 aromatic carbocycles. The fourth-order valence-corrected chi connectivity index (χ4v) is 4.44. The zero-order valence-corrected chi connectivity index (χ0v) is 17.4. The van der Waals surface area contributed by atoms with Gasteiger partial charge in [-0.15, -0.1) is 5.10 Å². The molecule has 0 unspecified atom stereocenters. The van der Waals surface area contributed by atoms with E-state index in [1.54, 1.807) is 4.68 Å². The molecule has 0 saturated heterocycles. The molecule has 1 aliphatic heterocycles. The number of thioether (sulfide) groups is 1. The highest BCUT2D eigenvalue weighted by Crippen LogP contribution is 2.26. The normalized spacial score (nSPS) is 15.7. The third kappa shape index (κ3) is 3.93. The SMILES string of the molecule is Cc1ccc(-n2nnnc2SCC(=O)N2Cc3ccccc3C[C@H]2C(=O)[O-])c(C)c1. The van der Waals surface area contributed by atoms with E-state index in [1.807, 2.05) is 56.3 Å². The molecule has 0 saturated carbocycles. The minimum atomic E-state index is -1.25. The first-order valence-electron chi connectivity index (χ1n) is 9.50. The highest BCUT2D eigenvalue weighted by atomic mass is 32.2. The van der Waals surface area contributed by atoms with Crippen LogP contribution in [-0.2, 0) is 22.6 Å². The van der Waals surface area contributed by atoms with E-state index in [4.69, 9.17) is 0 Å². The molecule has 0 fully saturated rings. The van der Waals surface area contributed by atoms with Crippen molar-refractivity contribution in [2.24, 2.45) is 0 Å². The molecule has 30 heavy (non-hydrogen) atoms. The molecule has 1 atom stereocenters. The van der Waals surface area contributed by atoms with E-state index in [1.165, 1.54) is 16.7 Å². The van der Waals surface area contributed by atoms with Gasteiger partial charge in [0.25, 0.3) is 0 Å². The number of rotatable bonds is 5. The molecule has 1 aliphatic rings. The second-order valence-electron chi connectivity index (χ2n) is 7.28. The summed E-state index contributed by atoms with van der Waals surface area (Å²) in [7, 11) is 0. The molecule has 9 heteroatoms. The second kappa shape index (κ2) is 8.27. The molecule has 154 valence electrons. The number of aryl methyl sites for hydroxylation is 2. The Kier molecular flexibility index (Phi) is 5.54. The maximum atomic E-state index is 12.9. The topological polar surface area (TPSA) is 104 Å². The van der Waals surface area contributed by atoms with Gasteiger partial charge in [0, 0.05) is 6.54 Å². The minimum absolute atomic E-state index is 0.0250. The fraction of sp³-hybridized carbons (Fsp3) is 0.286. The van der Waals surface area contributed by atoms with Crippen molar-refractivity contribution in [1.29, 1.82) is 0 Å². The summed E-state index contributed by atoms with van der Waals surface area (Å²) in [4.78, 5) is 26.0. The van der Waals surface area contributed by atoms with Gasteiger partial charge in [0.15, 0.2) is 0 Å². The maximum Gasteiger partial charge on any atom is 0.233 e. The number of carboxylic acids is 1. The van der Waals surface area contributed by atoms with Crippen LogP contribution in [0.25, 0.3) is 5.69 Å². The fourth-order valence-electron chi connectivity index (χ4n) is 3.67. The van der Waals surface area contributed by atoms with Crippen molar-refractivity contribution >= 4 is 23.6 Å².